The summed E-state index contributed by atoms with van der Waals surface area (Å²) in [5, 5.41) is 11.1. The molecule has 14 heteroatoms. The van der Waals surface area contributed by atoms with Crippen LogP contribution >= 0.6 is 0 Å². The summed E-state index contributed by atoms with van der Waals surface area (Å²) < 4.78 is 25.4. The van der Waals surface area contributed by atoms with Crippen molar-refractivity contribution in [3.8, 4) is 0 Å². The first-order chi connectivity index (χ1) is 22.3. The highest BCUT2D eigenvalue weighted by molar-refractivity contribution is 7.88. The Labute approximate surface area is 286 Å². The van der Waals surface area contributed by atoms with Gasteiger partial charge in [0.25, 0.3) is 5.91 Å². The number of urea groups is 1. The van der Waals surface area contributed by atoms with Gasteiger partial charge in [-0.2, -0.15) is 0 Å². The largest absolute Gasteiger partial charge is 0.346 e. The quantitative estimate of drug-likeness (QED) is 0.212. The van der Waals surface area contributed by atoms with E-state index in [4.69, 9.17) is 0 Å². The molecule has 3 aliphatic rings. The molecule has 1 aliphatic carbocycles. The molecule has 2 heterocycles. The van der Waals surface area contributed by atoms with Crippen LogP contribution in [-0.4, -0.2) is 104 Å². The van der Waals surface area contributed by atoms with Crippen LogP contribution in [0.25, 0.3) is 0 Å². The Morgan fingerprint density at radius 2 is 1.65 bits per heavy atom. The Hall–Kier alpha value is -3.00. The van der Waals surface area contributed by atoms with Crippen molar-refractivity contribution in [3.63, 3.8) is 0 Å². The predicted octanol–water partition coefficient (Wildman–Crippen LogP) is 2.32. The highest BCUT2D eigenvalue weighted by Gasteiger charge is 2.69. The van der Waals surface area contributed by atoms with Crippen molar-refractivity contribution in [1.82, 2.24) is 30.5 Å². The molecule has 0 aromatic carbocycles. The minimum Gasteiger partial charge on any atom is -0.346 e. The number of likely N-dealkylation sites (N-methyl/N-ethyl adjacent to an activating group) is 1. The van der Waals surface area contributed by atoms with Crippen molar-refractivity contribution in [3.05, 3.63) is 12.7 Å². The molecule has 48 heavy (non-hydrogen) atoms. The van der Waals surface area contributed by atoms with Crippen LogP contribution in [0, 0.1) is 22.7 Å². The molecule has 1 saturated carbocycles. The molecule has 0 radical (unpaired) electrons. The second-order valence-electron chi connectivity index (χ2n) is 15.5. The van der Waals surface area contributed by atoms with Crippen LogP contribution in [0.2, 0.25) is 0 Å². The third kappa shape index (κ3) is 10.0. The lowest BCUT2D eigenvalue weighted by atomic mass is 9.86. The van der Waals surface area contributed by atoms with Gasteiger partial charge in [-0.3, -0.25) is 19.2 Å². The fourth-order valence-corrected chi connectivity index (χ4v) is 7.49. The summed E-state index contributed by atoms with van der Waals surface area (Å²) in [5.74, 6) is -2.39. The van der Waals surface area contributed by atoms with Gasteiger partial charge in [0.2, 0.25) is 27.6 Å². The zero-order valence-electron chi connectivity index (χ0n) is 29.9. The van der Waals surface area contributed by atoms with Crippen molar-refractivity contribution < 1.29 is 32.4 Å². The first-order valence-corrected chi connectivity index (χ1v) is 19.2. The molecule has 272 valence electrons. The van der Waals surface area contributed by atoms with Gasteiger partial charge >= 0.3 is 6.03 Å². The molecule has 0 spiro atoms. The van der Waals surface area contributed by atoms with Gasteiger partial charge in [0, 0.05) is 32.7 Å². The minimum atomic E-state index is -3.49. The third-order valence-electron chi connectivity index (χ3n) is 10.5. The van der Waals surface area contributed by atoms with E-state index in [1.807, 2.05) is 20.8 Å². The summed E-state index contributed by atoms with van der Waals surface area (Å²) in [6.07, 6.45) is 9.22. The summed E-state index contributed by atoms with van der Waals surface area (Å²) in [4.78, 5) is 69.1. The molecular weight excluding hydrogens is 636 g/mol. The molecule has 0 aromatic rings. The van der Waals surface area contributed by atoms with Crippen LogP contribution in [0.3, 0.4) is 0 Å². The molecule has 6 atom stereocenters. The van der Waals surface area contributed by atoms with Gasteiger partial charge in [0.1, 0.15) is 12.1 Å². The first kappa shape index (κ1) is 39.4. The number of Topliss-reactive ketones (excluding diaryl/α,β-unsaturated/α-hetero) is 1. The highest BCUT2D eigenvalue weighted by atomic mass is 32.2. The molecule has 5 amide bonds. The van der Waals surface area contributed by atoms with Crippen LogP contribution in [0.1, 0.15) is 92.4 Å². The van der Waals surface area contributed by atoms with Gasteiger partial charge in [0.15, 0.2) is 0 Å². The lowest BCUT2D eigenvalue weighted by Gasteiger charge is -2.36. The summed E-state index contributed by atoms with van der Waals surface area (Å²) in [5.41, 5.74) is -0.686. The van der Waals surface area contributed by atoms with E-state index in [9.17, 15) is 32.4 Å². The fourth-order valence-electron chi connectivity index (χ4n) is 7.07. The summed E-state index contributed by atoms with van der Waals surface area (Å²) in [7, 11) is -2.04. The van der Waals surface area contributed by atoms with E-state index >= 15 is 0 Å². The topological polar surface area (TPSA) is 174 Å². The van der Waals surface area contributed by atoms with Crippen LogP contribution < -0.4 is 21.3 Å². The highest BCUT2D eigenvalue weighted by Crippen LogP contribution is 2.65. The smallest absolute Gasteiger partial charge is 0.315 e. The summed E-state index contributed by atoms with van der Waals surface area (Å²) in [6.45, 7) is 13.9. The van der Waals surface area contributed by atoms with Gasteiger partial charge in [-0.15, -0.1) is 6.58 Å². The number of hydrogen-bond donors (Lipinski definition) is 4. The van der Waals surface area contributed by atoms with E-state index in [1.165, 1.54) is 17.4 Å². The maximum atomic E-state index is 14.3. The number of carbonyl (C=O) groups is 5. The third-order valence-corrected chi connectivity index (χ3v) is 11.8. The number of piperidine rings is 1. The maximum Gasteiger partial charge on any atom is 0.315 e. The van der Waals surface area contributed by atoms with Crippen molar-refractivity contribution >= 4 is 39.6 Å². The van der Waals surface area contributed by atoms with Crippen LogP contribution in [0.15, 0.2) is 12.7 Å². The zero-order chi connectivity index (χ0) is 36.0. The van der Waals surface area contributed by atoms with Crippen molar-refractivity contribution in [2.24, 2.45) is 22.7 Å². The van der Waals surface area contributed by atoms with Gasteiger partial charge in [-0.25, -0.2) is 17.5 Å². The zero-order valence-corrected chi connectivity index (χ0v) is 30.7. The molecule has 13 nitrogen and oxygen atoms in total. The number of fused-ring (bicyclic) bond motifs is 3. The number of rotatable bonds is 9. The summed E-state index contributed by atoms with van der Waals surface area (Å²) >= 11 is 0. The number of amides is 5. The molecule has 0 aromatic heterocycles. The van der Waals surface area contributed by atoms with Crippen LogP contribution in [0.5, 0.6) is 0 Å². The molecule has 3 fully saturated rings. The molecule has 2 aliphatic heterocycles. The second kappa shape index (κ2) is 16.1. The predicted molar refractivity (Wildman–Crippen MR) is 184 cm³/mol. The monoisotopic (exact) mass is 694 g/mol. The maximum absolute atomic E-state index is 14.3. The number of hydrogen-bond acceptors (Lipinski definition) is 7. The van der Waals surface area contributed by atoms with Gasteiger partial charge < -0.3 is 26.2 Å². The van der Waals surface area contributed by atoms with Crippen molar-refractivity contribution in [2.45, 2.75) is 117 Å². The van der Waals surface area contributed by atoms with Gasteiger partial charge in [-0.1, -0.05) is 85.6 Å². The average molecular weight is 695 g/mol. The standard InChI is InChI=1S/C34H58N6O7S/c1-9-19-35-30(43)28(41)23-17-15-13-11-10-12-14-16-18-24(31(44)40-20-22-26(34(22,5)6)27(40)29(42)36-23)37-32(45)38-25(33(2,3)4)21-39(7)48(8,46)47/h9,22-27H,1,10-21H2,2-8H3,(H,35,43)(H,36,42)(H2,37,38,45)/t22-,23+,24+,25-,26-,27+/m1/s1. The number of sulfonamides is 1. The summed E-state index contributed by atoms with van der Waals surface area (Å²) in [6, 6.07) is -3.94. The molecular formula is C34H58N6O7S. The number of carbonyl (C=O) groups excluding carboxylic acids is 5. The Balaban J connectivity index is 1.87. The van der Waals surface area contributed by atoms with Crippen molar-refractivity contribution in [2.75, 3.05) is 32.9 Å². The normalized spacial score (nSPS) is 27.6. The first-order valence-electron chi connectivity index (χ1n) is 17.3. The lowest BCUT2D eigenvalue weighted by Crippen LogP contribution is -2.60. The van der Waals surface area contributed by atoms with Crippen LogP contribution in [0.4, 0.5) is 4.79 Å². The van der Waals surface area contributed by atoms with Crippen LogP contribution in [-0.2, 0) is 29.2 Å². The number of nitrogens with zero attached hydrogens (tertiary/aromatic N) is 2. The molecule has 3 rings (SSSR count). The lowest BCUT2D eigenvalue weighted by molar-refractivity contribution is -0.144. The van der Waals surface area contributed by atoms with Gasteiger partial charge in [0.05, 0.1) is 12.3 Å². The SMILES string of the molecule is C=CCNC(=O)C(=O)[C@@H]1CCCCCCCCC[C@H](NC(=O)N[C@H](CN(C)S(C)(=O)=O)C(C)(C)C)C(=O)N2C[C@@H]3[C@H]([C@H]2C(=O)N1)C3(C)C. The molecule has 0 unspecified atom stereocenters. The second-order valence-corrected chi connectivity index (χ2v) is 17.6. The Kier molecular flexibility index (Phi) is 13.3. The van der Waals surface area contributed by atoms with E-state index in [-0.39, 0.29) is 36.2 Å². The van der Waals surface area contributed by atoms with E-state index in [2.05, 4.69) is 41.7 Å². The van der Waals surface area contributed by atoms with Crippen molar-refractivity contribution in [1.29, 1.82) is 0 Å². The molecule has 0 bridgehead atoms. The average Bonchev–Trinajstić information content (AvgIpc) is 3.30. The molecule has 2 saturated heterocycles. The number of ketones is 1. The van der Waals surface area contributed by atoms with E-state index in [0.717, 1.165) is 38.4 Å². The van der Waals surface area contributed by atoms with E-state index in [0.29, 0.717) is 32.2 Å². The minimum absolute atomic E-state index is 0.0483. The number of nitrogens with one attached hydrogen (secondary N) is 4. The fraction of sp³-hybridized carbons (Fsp3) is 0.794. The van der Waals surface area contributed by atoms with E-state index in [1.54, 1.807) is 4.90 Å². The Bertz CT molecular complexity index is 1330. The Morgan fingerprint density at radius 3 is 2.21 bits per heavy atom. The molecule has 4 N–H and O–H groups in total. The Morgan fingerprint density at radius 1 is 1.06 bits per heavy atom. The van der Waals surface area contributed by atoms with E-state index < -0.39 is 63.2 Å². The van der Waals surface area contributed by atoms with Gasteiger partial charge in [-0.05, 0) is 35.5 Å².